The van der Waals surface area contributed by atoms with Gasteiger partial charge < -0.3 is 19.3 Å². The van der Waals surface area contributed by atoms with Crippen LogP contribution in [0.1, 0.15) is 38.4 Å². The molecule has 1 aliphatic rings. The molecule has 1 aromatic rings. The highest BCUT2D eigenvalue weighted by Gasteiger charge is 2.36. The third-order valence-electron chi connectivity index (χ3n) is 3.44. The Hall–Kier alpha value is -0.980. The van der Waals surface area contributed by atoms with Crippen molar-refractivity contribution in [2.45, 2.75) is 44.8 Å². The third kappa shape index (κ3) is 3.52. The summed E-state index contributed by atoms with van der Waals surface area (Å²) in [5, 5.41) is 7.40. The first-order valence-corrected chi connectivity index (χ1v) is 6.87. The number of methoxy groups -OCH3 is 1. The van der Waals surface area contributed by atoms with Crippen molar-refractivity contribution in [3.8, 4) is 0 Å². The molecule has 1 N–H and O–H groups in total. The standard InChI is InChI=1S/C13H23N3O3/c1-4-14-10(9-17-3)8-11-15-12(16-19-11)13(2)6-5-7-18-13/h10,14H,4-9H2,1-3H3. The molecule has 6 nitrogen and oxygen atoms in total. The fourth-order valence-corrected chi connectivity index (χ4v) is 2.40. The van der Waals surface area contributed by atoms with Crippen LogP contribution in [0.25, 0.3) is 0 Å². The molecule has 0 aliphatic carbocycles. The second kappa shape index (κ2) is 6.45. The van der Waals surface area contributed by atoms with Gasteiger partial charge >= 0.3 is 0 Å². The maximum absolute atomic E-state index is 5.71. The number of aromatic nitrogens is 2. The summed E-state index contributed by atoms with van der Waals surface area (Å²) in [5.74, 6) is 1.29. The molecule has 1 aliphatic heterocycles. The van der Waals surface area contributed by atoms with Gasteiger partial charge in [-0.15, -0.1) is 0 Å². The van der Waals surface area contributed by atoms with Crippen molar-refractivity contribution in [1.82, 2.24) is 15.5 Å². The first kappa shape index (κ1) is 14.4. The Bertz CT molecular complexity index is 382. The van der Waals surface area contributed by atoms with Crippen molar-refractivity contribution >= 4 is 0 Å². The van der Waals surface area contributed by atoms with Gasteiger partial charge in [0.1, 0.15) is 5.60 Å². The van der Waals surface area contributed by atoms with Crippen molar-refractivity contribution in [3.05, 3.63) is 11.7 Å². The van der Waals surface area contributed by atoms with E-state index in [4.69, 9.17) is 14.0 Å². The lowest BCUT2D eigenvalue weighted by Gasteiger charge is -2.17. The second-order valence-corrected chi connectivity index (χ2v) is 5.11. The van der Waals surface area contributed by atoms with E-state index in [-0.39, 0.29) is 11.6 Å². The van der Waals surface area contributed by atoms with Crippen LogP contribution in [0, 0.1) is 0 Å². The highest BCUT2D eigenvalue weighted by molar-refractivity contribution is 5.02. The van der Waals surface area contributed by atoms with Gasteiger partial charge in [-0.25, -0.2) is 0 Å². The normalized spacial score (nSPS) is 24.8. The van der Waals surface area contributed by atoms with Crippen LogP contribution >= 0.6 is 0 Å². The maximum Gasteiger partial charge on any atom is 0.228 e. The number of likely N-dealkylation sites (N-methyl/N-ethyl adjacent to an activating group) is 1. The number of nitrogens with zero attached hydrogens (tertiary/aromatic N) is 2. The summed E-state index contributed by atoms with van der Waals surface area (Å²) in [5.41, 5.74) is -0.378. The topological polar surface area (TPSA) is 69.4 Å². The minimum Gasteiger partial charge on any atom is -0.383 e. The molecule has 0 bridgehead atoms. The van der Waals surface area contributed by atoms with Crippen LogP contribution in [-0.4, -0.2) is 43.1 Å². The quantitative estimate of drug-likeness (QED) is 0.803. The van der Waals surface area contributed by atoms with Gasteiger partial charge in [0.2, 0.25) is 11.7 Å². The van der Waals surface area contributed by atoms with E-state index in [0.717, 1.165) is 26.0 Å². The van der Waals surface area contributed by atoms with Gasteiger partial charge in [-0.2, -0.15) is 4.98 Å². The van der Waals surface area contributed by atoms with Gasteiger partial charge in [0.15, 0.2) is 0 Å². The van der Waals surface area contributed by atoms with Crippen molar-refractivity contribution < 1.29 is 14.0 Å². The predicted octanol–water partition coefficient (Wildman–Crippen LogP) is 1.26. The summed E-state index contributed by atoms with van der Waals surface area (Å²) in [6.45, 7) is 6.36. The average Bonchev–Trinajstić information content (AvgIpc) is 3.00. The van der Waals surface area contributed by atoms with E-state index in [2.05, 4.69) is 22.4 Å². The maximum atomic E-state index is 5.71. The van der Waals surface area contributed by atoms with E-state index in [1.54, 1.807) is 7.11 Å². The van der Waals surface area contributed by atoms with E-state index in [1.165, 1.54) is 0 Å². The third-order valence-corrected chi connectivity index (χ3v) is 3.44. The molecule has 6 heteroatoms. The molecule has 108 valence electrons. The minimum absolute atomic E-state index is 0.195. The number of ether oxygens (including phenoxy) is 2. The molecule has 2 unspecified atom stereocenters. The highest BCUT2D eigenvalue weighted by Crippen LogP contribution is 2.33. The van der Waals surface area contributed by atoms with Crippen molar-refractivity contribution in [2.24, 2.45) is 0 Å². The average molecular weight is 269 g/mol. The highest BCUT2D eigenvalue weighted by atomic mass is 16.5. The fourth-order valence-electron chi connectivity index (χ4n) is 2.40. The molecule has 0 spiro atoms. The molecular weight excluding hydrogens is 246 g/mol. The summed E-state index contributed by atoms with van der Waals surface area (Å²) in [7, 11) is 1.69. The Kier molecular flexibility index (Phi) is 4.90. The minimum atomic E-state index is -0.378. The van der Waals surface area contributed by atoms with Crippen LogP contribution < -0.4 is 5.32 Å². The zero-order valence-corrected chi connectivity index (χ0v) is 11.9. The second-order valence-electron chi connectivity index (χ2n) is 5.11. The van der Waals surface area contributed by atoms with Crippen molar-refractivity contribution in [3.63, 3.8) is 0 Å². The number of rotatable bonds is 7. The Labute approximate surface area is 113 Å². The fraction of sp³-hybridized carbons (Fsp3) is 0.846. The van der Waals surface area contributed by atoms with Crippen LogP contribution in [-0.2, 0) is 21.5 Å². The number of hydrogen-bond acceptors (Lipinski definition) is 6. The van der Waals surface area contributed by atoms with Crippen LogP contribution in [0.4, 0.5) is 0 Å². The van der Waals surface area contributed by atoms with E-state index in [0.29, 0.717) is 24.7 Å². The SMILES string of the molecule is CCNC(COC)Cc1nc(C2(C)CCCO2)no1. The van der Waals surface area contributed by atoms with Gasteiger partial charge in [-0.05, 0) is 26.3 Å². The lowest BCUT2D eigenvalue weighted by atomic mass is 10.0. The lowest BCUT2D eigenvalue weighted by molar-refractivity contribution is 0.00768. The zero-order valence-electron chi connectivity index (χ0n) is 11.9. The van der Waals surface area contributed by atoms with E-state index in [1.807, 2.05) is 6.92 Å². The van der Waals surface area contributed by atoms with E-state index < -0.39 is 0 Å². The molecule has 1 fully saturated rings. The molecular formula is C13H23N3O3. The molecule has 0 radical (unpaired) electrons. The van der Waals surface area contributed by atoms with Gasteiger partial charge in [-0.3, -0.25) is 0 Å². The van der Waals surface area contributed by atoms with E-state index >= 15 is 0 Å². The molecule has 2 rings (SSSR count). The molecule has 0 saturated carbocycles. The Balaban J connectivity index is 1.99. The number of hydrogen-bond donors (Lipinski definition) is 1. The number of nitrogens with one attached hydrogen (secondary N) is 1. The zero-order chi connectivity index (χ0) is 13.7. The molecule has 2 heterocycles. The van der Waals surface area contributed by atoms with Crippen LogP contribution in [0.2, 0.25) is 0 Å². The summed E-state index contributed by atoms with van der Waals surface area (Å²) < 4.78 is 16.2. The summed E-state index contributed by atoms with van der Waals surface area (Å²) >= 11 is 0. The predicted molar refractivity (Wildman–Crippen MR) is 69.9 cm³/mol. The monoisotopic (exact) mass is 269 g/mol. The largest absolute Gasteiger partial charge is 0.383 e. The van der Waals surface area contributed by atoms with Crippen LogP contribution in [0.15, 0.2) is 4.52 Å². The first-order chi connectivity index (χ1) is 9.18. The van der Waals surface area contributed by atoms with Crippen LogP contribution in [0.5, 0.6) is 0 Å². The Morgan fingerprint density at radius 1 is 1.53 bits per heavy atom. The smallest absolute Gasteiger partial charge is 0.228 e. The van der Waals surface area contributed by atoms with Gasteiger partial charge in [-0.1, -0.05) is 12.1 Å². The molecule has 0 amide bonds. The molecule has 2 atom stereocenters. The van der Waals surface area contributed by atoms with Crippen molar-refractivity contribution in [2.75, 3.05) is 26.9 Å². The van der Waals surface area contributed by atoms with Gasteiger partial charge in [0.05, 0.1) is 6.61 Å². The summed E-state index contributed by atoms with van der Waals surface area (Å²) in [6, 6.07) is 0.195. The molecule has 1 saturated heterocycles. The first-order valence-electron chi connectivity index (χ1n) is 6.87. The summed E-state index contributed by atoms with van der Waals surface area (Å²) in [6.07, 6.45) is 2.66. The molecule has 19 heavy (non-hydrogen) atoms. The van der Waals surface area contributed by atoms with Gasteiger partial charge in [0, 0.05) is 26.2 Å². The summed E-state index contributed by atoms with van der Waals surface area (Å²) in [4.78, 5) is 4.47. The van der Waals surface area contributed by atoms with Gasteiger partial charge in [0.25, 0.3) is 0 Å². The molecule has 0 aromatic carbocycles. The van der Waals surface area contributed by atoms with Crippen LogP contribution in [0.3, 0.4) is 0 Å². The lowest BCUT2D eigenvalue weighted by Crippen LogP contribution is -2.35. The Morgan fingerprint density at radius 2 is 2.37 bits per heavy atom. The van der Waals surface area contributed by atoms with E-state index in [9.17, 15) is 0 Å². The molecule has 1 aromatic heterocycles. The van der Waals surface area contributed by atoms with Crippen molar-refractivity contribution in [1.29, 1.82) is 0 Å². The Morgan fingerprint density at radius 3 is 3.00 bits per heavy atom.